The van der Waals surface area contributed by atoms with Crippen LogP contribution in [0, 0.1) is 13.8 Å². The minimum Gasteiger partial charge on any atom is -0.465 e. The van der Waals surface area contributed by atoms with E-state index < -0.39 is 0 Å². The smallest absolute Gasteiger partial charge is 0.337 e. The van der Waals surface area contributed by atoms with Crippen LogP contribution in [0.3, 0.4) is 0 Å². The van der Waals surface area contributed by atoms with Crippen LogP contribution in [0.1, 0.15) is 46.0 Å². The molecule has 154 valence electrons. The summed E-state index contributed by atoms with van der Waals surface area (Å²) in [6, 6.07) is 7.21. The molecule has 0 saturated carbocycles. The molecule has 7 heteroatoms. The van der Waals surface area contributed by atoms with Crippen molar-refractivity contribution in [2.75, 3.05) is 20.2 Å². The number of esters is 1. The number of methoxy groups -OCH3 is 1. The molecule has 2 heterocycles. The lowest BCUT2D eigenvalue weighted by Gasteiger charge is -2.20. The maximum absolute atomic E-state index is 13.4. The summed E-state index contributed by atoms with van der Waals surface area (Å²) in [5.41, 5.74) is 2.30. The van der Waals surface area contributed by atoms with Crippen LogP contribution in [0.15, 0.2) is 29.1 Å². The Hall–Kier alpha value is -2.51. The number of aromatic nitrogens is 2. The van der Waals surface area contributed by atoms with Crippen LogP contribution in [0.25, 0.3) is 10.2 Å². The Morgan fingerprint density at radius 1 is 1.24 bits per heavy atom. The van der Waals surface area contributed by atoms with E-state index in [4.69, 9.17) is 9.72 Å². The van der Waals surface area contributed by atoms with E-state index in [9.17, 15) is 9.59 Å². The molecule has 0 aliphatic heterocycles. The quantitative estimate of drug-likeness (QED) is 0.552. The molecule has 29 heavy (non-hydrogen) atoms. The Morgan fingerprint density at radius 2 is 1.97 bits per heavy atom. The second-order valence-electron chi connectivity index (χ2n) is 7.04. The Balaban J connectivity index is 2.13. The highest BCUT2D eigenvalue weighted by Gasteiger charge is 2.18. The van der Waals surface area contributed by atoms with Gasteiger partial charge in [-0.05, 0) is 50.2 Å². The van der Waals surface area contributed by atoms with Crippen molar-refractivity contribution in [1.29, 1.82) is 0 Å². The highest BCUT2D eigenvalue weighted by Crippen LogP contribution is 2.26. The minimum absolute atomic E-state index is 0.0255. The zero-order chi connectivity index (χ0) is 21.1. The Bertz CT molecular complexity index is 1100. The van der Waals surface area contributed by atoms with Gasteiger partial charge in [-0.15, -0.1) is 11.3 Å². The number of aryl methyl sites for hydroxylation is 2. The first-order chi connectivity index (χ1) is 13.9. The third kappa shape index (κ3) is 4.26. The van der Waals surface area contributed by atoms with Crippen LogP contribution in [-0.4, -0.2) is 40.6 Å². The molecule has 1 aromatic carbocycles. The molecule has 3 aromatic rings. The predicted octanol–water partition coefficient (Wildman–Crippen LogP) is 3.75. The molecule has 0 N–H and O–H groups in total. The van der Waals surface area contributed by atoms with Gasteiger partial charge in [0.2, 0.25) is 0 Å². The van der Waals surface area contributed by atoms with Gasteiger partial charge in [-0.3, -0.25) is 14.3 Å². The van der Waals surface area contributed by atoms with Crippen LogP contribution < -0.4 is 5.56 Å². The summed E-state index contributed by atoms with van der Waals surface area (Å²) in [6.45, 7) is 10.9. The molecule has 0 aliphatic carbocycles. The molecule has 0 aliphatic rings. The van der Waals surface area contributed by atoms with Crippen LogP contribution in [0.4, 0.5) is 0 Å². The van der Waals surface area contributed by atoms with E-state index in [0.717, 1.165) is 39.7 Å². The number of hydrogen-bond donors (Lipinski definition) is 0. The standard InChI is InChI=1S/C22H27N3O3S/c1-6-24(7-2)13-18-23-20-19(14(3)15(4)29-20)21(26)25(18)12-16-9-8-10-17(11-16)22(27)28-5/h8-11H,6-7,12-13H2,1-5H3. The summed E-state index contributed by atoms with van der Waals surface area (Å²) in [4.78, 5) is 34.4. The normalized spacial score (nSPS) is 11.4. The Morgan fingerprint density at radius 3 is 2.62 bits per heavy atom. The van der Waals surface area contributed by atoms with Gasteiger partial charge in [0.15, 0.2) is 0 Å². The van der Waals surface area contributed by atoms with Crippen LogP contribution >= 0.6 is 11.3 Å². The lowest BCUT2D eigenvalue weighted by molar-refractivity contribution is 0.0600. The van der Waals surface area contributed by atoms with E-state index >= 15 is 0 Å². The fraction of sp³-hybridized carbons (Fsp3) is 0.409. The molecule has 2 aromatic heterocycles. The maximum atomic E-state index is 13.4. The second-order valence-corrected chi connectivity index (χ2v) is 8.24. The molecule has 0 radical (unpaired) electrons. The molecular formula is C22H27N3O3S. The average Bonchev–Trinajstić information content (AvgIpc) is 3.01. The lowest BCUT2D eigenvalue weighted by Crippen LogP contribution is -2.31. The molecule has 0 unspecified atom stereocenters. The summed E-state index contributed by atoms with van der Waals surface area (Å²) >= 11 is 1.57. The molecule has 0 amide bonds. The van der Waals surface area contributed by atoms with Gasteiger partial charge in [0.1, 0.15) is 10.7 Å². The number of hydrogen-bond acceptors (Lipinski definition) is 6. The molecule has 0 fully saturated rings. The Kier molecular flexibility index (Phi) is 6.49. The third-order valence-corrected chi connectivity index (χ3v) is 6.42. The first kappa shape index (κ1) is 21.2. The summed E-state index contributed by atoms with van der Waals surface area (Å²) in [5.74, 6) is 0.358. The molecule has 0 saturated heterocycles. The number of thiophene rings is 1. The second kappa shape index (κ2) is 8.88. The molecular weight excluding hydrogens is 386 g/mol. The monoisotopic (exact) mass is 413 g/mol. The van der Waals surface area contributed by atoms with Crippen molar-refractivity contribution in [3.05, 3.63) is 62.0 Å². The molecule has 3 rings (SSSR count). The summed E-state index contributed by atoms with van der Waals surface area (Å²) in [7, 11) is 1.36. The summed E-state index contributed by atoms with van der Waals surface area (Å²) < 4.78 is 6.57. The highest BCUT2D eigenvalue weighted by molar-refractivity contribution is 7.18. The van der Waals surface area contributed by atoms with Gasteiger partial charge >= 0.3 is 5.97 Å². The van der Waals surface area contributed by atoms with Crippen molar-refractivity contribution in [3.8, 4) is 0 Å². The fourth-order valence-electron chi connectivity index (χ4n) is 3.40. The van der Waals surface area contributed by atoms with Crippen molar-refractivity contribution in [1.82, 2.24) is 14.5 Å². The zero-order valence-corrected chi connectivity index (χ0v) is 18.4. The number of fused-ring (bicyclic) bond motifs is 1. The number of carbonyl (C=O) groups excluding carboxylic acids is 1. The van der Waals surface area contributed by atoms with Gasteiger partial charge in [-0.25, -0.2) is 9.78 Å². The average molecular weight is 414 g/mol. The van der Waals surface area contributed by atoms with Gasteiger partial charge in [-0.2, -0.15) is 0 Å². The molecule has 0 spiro atoms. The summed E-state index contributed by atoms with van der Waals surface area (Å²) in [5, 5.41) is 0.694. The van der Waals surface area contributed by atoms with E-state index in [2.05, 4.69) is 18.7 Å². The highest BCUT2D eigenvalue weighted by atomic mass is 32.1. The van der Waals surface area contributed by atoms with E-state index in [0.29, 0.717) is 24.0 Å². The fourth-order valence-corrected chi connectivity index (χ4v) is 4.44. The van der Waals surface area contributed by atoms with E-state index in [1.54, 1.807) is 28.0 Å². The maximum Gasteiger partial charge on any atom is 0.337 e. The number of nitrogens with zero attached hydrogens (tertiary/aromatic N) is 3. The third-order valence-electron chi connectivity index (χ3n) is 5.32. The van der Waals surface area contributed by atoms with Crippen LogP contribution in [0.5, 0.6) is 0 Å². The zero-order valence-electron chi connectivity index (χ0n) is 17.6. The van der Waals surface area contributed by atoms with Crippen molar-refractivity contribution in [2.45, 2.75) is 40.8 Å². The van der Waals surface area contributed by atoms with Gasteiger partial charge < -0.3 is 4.74 Å². The lowest BCUT2D eigenvalue weighted by atomic mass is 10.1. The first-order valence-corrected chi connectivity index (χ1v) is 10.6. The van der Waals surface area contributed by atoms with E-state index in [-0.39, 0.29) is 11.5 Å². The van der Waals surface area contributed by atoms with Crippen LogP contribution in [0.2, 0.25) is 0 Å². The van der Waals surface area contributed by atoms with Crippen molar-refractivity contribution < 1.29 is 9.53 Å². The van der Waals surface area contributed by atoms with Crippen molar-refractivity contribution >= 4 is 27.5 Å². The van der Waals surface area contributed by atoms with Gasteiger partial charge in [0.05, 0.1) is 31.1 Å². The minimum atomic E-state index is -0.388. The topological polar surface area (TPSA) is 64.4 Å². The van der Waals surface area contributed by atoms with Crippen molar-refractivity contribution in [2.24, 2.45) is 0 Å². The predicted molar refractivity (Wildman–Crippen MR) is 117 cm³/mol. The number of ether oxygens (including phenoxy) is 1. The van der Waals surface area contributed by atoms with Gasteiger partial charge in [-0.1, -0.05) is 26.0 Å². The van der Waals surface area contributed by atoms with Crippen LogP contribution in [-0.2, 0) is 17.8 Å². The molecule has 0 bridgehead atoms. The van der Waals surface area contributed by atoms with Gasteiger partial charge in [0, 0.05) is 4.88 Å². The number of carbonyl (C=O) groups is 1. The molecule has 0 atom stereocenters. The SMILES string of the molecule is CCN(CC)Cc1nc2sc(C)c(C)c2c(=O)n1Cc1cccc(C(=O)OC)c1. The largest absolute Gasteiger partial charge is 0.465 e. The Labute approximate surface area is 174 Å². The number of benzene rings is 1. The van der Waals surface area contributed by atoms with E-state index in [1.807, 2.05) is 26.0 Å². The van der Waals surface area contributed by atoms with E-state index in [1.165, 1.54) is 7.11 Å². The summed E-state index contributed by atoms with van der Waals surface area (Å²) in [6.07, 6.45) is 0. The van der Waals surface area contributed by atoms with Gasteiger partial charge in [0.25, 0.3) is 5.56 Å². The van der Waals surface area contributed by atoms with Crippen molar-refractivity contribution in [3.63, 3.8) is 0 Å². The molecule has 6 nitrogen and oxygen atoms in total. The number of rotatable bonds is 7. The first-order valence-electron chi connectivity index (χ1n) is 9.78.